The molecule has 0 heterocycles. The van der Waals surface area contributed by atoms with E-state index in [-0.39, 0.29) is 5.97 Å². The molecule has 0 aliphatic carbocycles. The van der Waals surface area contributed by atoms with Gasteiger partial charge in [0.25, 0.3) is 0 Å². The number of ether oxygens (including phenoxy) is 1. The van der Waals surface area contributed by atoms with Crippen LogP contribution < -0.4 is 5.32 Å². The minimum Gasteiger partial charge on any atom is -0.464 e. The van der Waals surface area contributed by atoms with Gasteiger partial charge in [0.05, 0.1) is 6.61 Å². The van der Waals surface area contributed by atoms with Crippen molar-refractivity contribution < 1.29 is 9.53 Å². The van der Waals surface area contributed by atoms with Gasteiger partial charge in [-0.25, -0.2) is 4.79 Å². The molecular formula is C13H18BrNO2. The molecule has 0 aliphatic rings. The highest BCUT2D eigenvalue weighted by Gasteiger charge is 2.29. The van der Waals surface area contributed by atoms with E-state index in [0.29, 0.717) is 6.61 Å². The molecule has 0 unspecified atom stereocenters. The van der Waals surface area contributed by atoms with Crippen molar-refractivity contribution in [3.8, 4) is 0 Å². The summed E-state index contributed by atoms with van der Waals surface area (Å²) in [5.41, 5.74) is 1.29. The number of halogens is 1. The third-order valence-electron chi connectivity index (χ3n) is 2.42. The van der Waals surface area contributed by atoms with Crippen molar-refractivity contribution in [3.63, 3.8) is 0 Å². The third-order valence-corrected chi connectivity index (χ3v) is 2.91. The molecule has 1 aromatic rings. The highest BCUT2D eigenvalue weighted by Crippen LogP contribution is 2.23. The summed E-state index contributed by atoms with van der Waals surface area (Å²) in [4.78, 5) is 11.8. The van der Waals surface area contributed by atoms with Crippen molar-refractivity contribution in [2.24, 2.45) is 0 Å². The Hall–Kier alpha value is -1.03. The Kier molecular flexibility index (Phi) is 4.57. The first-order valence-corrected chi connectivity index (χ1v) is 6.37. The predicted octanol–water partition coefficient (Wildman–Crippen LogP) is 3.51. The summed E-state index contributed by atoms with van der Waals surface area (Å²) in [6, 6.07) is 5.89. The maximum atomic E-state index is 11.8. The fraction of sp³-hybridized carbons (Fsp3) is 0.462. The maximum Gasteiger partial charge on any atom is 0.331 e. The van der Waals surface area contributed by atoms with Crippen LogP contribution in [0.25, 0.3) is 0 Å². The van der Waals surface area contributed by atoms with Gasteiger partial charge in [0.1, 0.15) is 5.54 Å². The quantitative estimate of drug-likeness (QED) is 0.865. The second kappa shape index (κ2) is 5.54. The smallest absolute Gasteiger partial charge is 0.331 e. The molecule has 0 aliphatic heterocycles. The number of esters is 1. The van der Waals surface area contributed by atoms with Crippen molar-refractivity contribution >= 4 is 27.6 Å². The summed E-state index contributed by atoms with van der Waals surface area (Å²) in [7, 11) is 0. The van der Waals surface area contributed by atoms with Gasteiger partial charge in [0, 0.05) is 10.2 Å². The first-order chi connectivity index (χ1) is 7.86. The lowest BCUT2D eigenvalue weighted by Crippen LogP contribution is -2.41. The average molecular weight is 300 g/mol. The number of benzene rings is 1. The zero-order chi connectivity index (χ0) is 13.1. The molecule has 0 spiro atoms. The third kappa shape index (κ3) is 3.73. The molecule has 1 aromatic carbocycles. The molecule has 0 amide bonds. The highest BCUT2D eigenvalue weighted by molar-refractivity contribution is 9.10. The number of hydrogen-bond donors (Lipinski definition) is 1. The number of carbonyl (C=O) groups excluding carboxylic acids is 1. The first-order valence-electron chi connectivity index (χ1n) is 5.58. The van der Waals surface area contributed by atoms with E-state index in [2.05, 4.69) is 21.2 Å². The minimum absolute atomic E-state index is 0.248. The Morgan fingerprint density at radius 3 is 2.65 bits per heavy atom. The standard InChI is InChI=1S/C13H18BrNO2/c1-5-17-12(16)13(3,4)15-11-7-6-10(14)8-9(11)2/h6-8,15H,5H2,1-4H3. The lowest BCUT2D eigenvalue weighted by molar-refractivity contribution is -0.147. The number of nitrogens with one attached hydrogen (secondary N) is 1. The van der Waals surface area contributed by atoms with Gasteiger partial charge in [-0.05, 0) is 51.5 Å². The fourth-order valence-electron chi connectivity index (χ4n) is 1.47. The lowest BCUT2D eigenvalue weighted by Gasteiger charge is -2.26. The number of rotatable bonds is 4. The van der Waals surface area contributed by atoms with Crippen molar-refractivity contribution in [3.05, 3.63) is 28.2 Å². The average Bonchev–Trinajstić information content (AvgIpc) is 2.22. The summed E-state index contributed by atoms with van der Waals surface area (Å²) < 4.78 is 6.05. The molecule has 0 aromatic heterocycles. The zero-order valence-electron chi connectivity index (χ0n) is 10.6. The Balaban J connectivity index is 2.86. The van der Waals surface area contributed by atoms with Gasteiger partial charge in [0.2, 0.25) is 0 Å². The van der Waals surface area contributed by atoms with E-state index in [9.17, 15) is 4.79 Å². The molecule has 0 bridgehead atoms. The van der Waals surface area contributed by atoms with Crippen LogP contribution in [0.5, 0.6) is 0 Å². The number of hydrogen-bond acceptors (Lipinski definition) is 3. The second-order valence-corrected chi connectivity index (χ2v) is 5.35. The minimum atomic E-state index is -0.728. The van der Waals surface area contributed by atoms with Gasteiger partial charge in [-0.15, -0.1) is 0 Å². The van der Waals surface area contributed by atoms with Gasteiger partial charge in [-0.2, -0.15) is 0 Å². The SMILES string of the molecule is CCOC(=O)C(C)(C)Nc1ccc(Br)cc1C. The van der Waals surface area contributed by atoms with E-state index in [0.717, 1.165) is 15.7 Å². The van der Waals surface area contributed by atoms with Crippen LogP contribution in [0.3, 0.4) is 0 Å². The monoisotopic (exact) mass is 299 g/mol. The largest absolute Gasteiger partial charge is 0.464 e. The Morgan fingerprint density at radius 2 is 2.12 bits per heavy atom. The lowest BCUT2D eigenvalue weighted by atomic mass is 10.0. The van der Waals surface area contributed by atoms with E-state index in [1.165, 1.54) is 0 Å². The zero-order valence-corrected chi connectivity index (χ0v) is 12.2. The molecule has 0 saturated carbocycles. The molecular weight excluding hydrogens is 282 g/mol. The summed E-state index contributed by atoms with van der Waals surface area (Å²) in [5.74, 6) is -0.248. The molecule has 17 heavy (non-hydrogen) atoms. The summed E-state index contributed by atoms with van der Waals surface area (Å²) >= 11 is 3.41. The second-order valence-electron chi connectivity index (χ2n) is 4.43. The first kappa shape index (κ1) is 14.0. The van der Waals surface area contributed by atoms with Gasteiger partial charge >= 0.3 is 5.97 Å². The summed E-state index contributed by atoms with van der Waals surface area (Å²) in [5, 5.41) is 3.20. The van der Waals surface area contributed by atoms with E-state index < -0.39 is 5.54 Å². The normalized spacial score (nSPS) is 11.1. The summed E-state index contributed by atoms with van der Waals surface area (Å²) in [6.45, 7) is 7.81. The molecule has 0 radical (unpaired) electrons. The van der Waals surface area contributed by atoms with Gasteiger partial charge in [0.15, 0.2) is 0 Å². The molecule has 0 saturated heterocycles. The van der Waals surface area contributed by atoms with E-state index in [1.54, 1.807) is 6.92 Å². The number of carbonyl (C=O) groups is 1. The van der Waals surface area contributed by atoms with Crippen molar-refractivity contribution in [1.29, 1.82) is 0 Å². The molecule has 0 atom stereocenters. The van der Waals surface area contributed by atoms with Crippen LogP contribution in [0, 0.1) is 6.92 Å². The van der Waals surface area contributed by atoms with E-state index in [1.807, 2.05) is 39.0 Å². The van der Waals surface area contributed by atoms with Crippen LogP contribution in [0.2, 0.25) is 0 Å². The Morgan fingerprint density at radius 1 is 1.47 bits per heavy atom. The fourth-order valence-corrected chi connectivity index (χ4v) is 1.94. The van der Waals surface area contributed by atoms with Crippen LogP contribution in [0.15, 0.2) is 22.7 Å². The van der Waals surface area contributed by atoms with E-state index in [4.69, 9.17) is 4.74 Å². The maximum absolute atomic E-state index is 11.8. The van der Waals surface area contributed by atoms with Crippen LogP contribution in [-0.4, -0.2) is 18.1 Å². The van der Waals surface area contributed by atoms with Gasteiger partial charge < -0.3 is 10.1 Å². The predicted molar refractivity (Wildman–Crippen MR) is 73.2 cm³/mol. The molecule has 4 heteroatoms. The Bertz CT molecular complexity index is 416. The van der Waals surface area contributed by atoms with Crippen LogP contribution >= 0.6 is 15.9 Å². The Labute approximate surface area is 111 Å². The van der Waals surface area contributed by atoms with Crippen LogP contribution in [-0.2, 0) is 9.53 Å². The topological polar surface area (TPSA) is 38.3 Å². The van der Waals surface area contributed by atoms with Crippen LogP contribution in [0.4, 0.5) is 5.69 Å². The highest BCUT2D eigenvalue weighted by atomic mass is 79.9. The van der Waals surface area contributed by atoms with Crippen molar-refractivity contribution in [2.45, 2.75) is 33.2 Å². The van der Waals surface area contributed by atoms with Gasteiger partial charge in [-0.1, -0.05) is 15.9 Å². The number of aryl methyl sites for hydroxylation is 1. The van der Waals surface area contributed by atoms with Crippen molar-refractivity contribution in [1.82, 2.24) is 0 Å². The van der Waals surface area contributed by atoms with Crippen molar-refractivity contribution in [2.75, 3.05) is 11.9 Å². The molecule has 1 rings (SSSR count). The number of anilines is 1. The molecule has 3 nitrogen and oxygen atoms in total. The van der Waals surface area contributed by atoms with Gasteiger partial charge in [-0.3, -0.25) is 0 Å². The molecule has 94 valence electrons. The van der Waals surface area contributed by atoms with E-state index >= 15 is 0 Å². The van der Waals surface area contributed by atoms with Crippen LogP contribution in [0.1, 0.15) is 26.3 Å². The summed E-state index contributed by atoms with van der Waals surface area (Å²) in [6.07, 6.45) is 0. The molecule has 1 N–H and O–H groups in total. The molecule has 0 fully saturated rings.